The zero-order valence-corrected chi connectivity index (χ0v) is 26.3. The number of aromatic nitrogens is 3. The molecule has 2 aromatic heterocycles. The molecule has 0 spiro atoms. The van der Waals surface area contributed by atoms with E-state index in [9.17, 15) is 0 Å². The fourth-order valence-corrected chi connectivity index (χ4v) is 7.47. The maximum Gasteiger partial charge on any atom is 0.160 e. The first-order valence-electron chi connectivity index (χ1n) is 15.4. The third-order valence-corrected chi connectivity index (χ3v) is 9.72. The van der Waals surface area contributed by atoms with E-state index in [1.165, 1.54) is 21.8 Å². The lowest BCUT2D eigenvalue weighted by atomic mass is 9.94. The number of rotatable bonds is 4. The molecule has 0 fully saturated rings. The molecular formula is C42H26BrN3. The molecule has 0 bridgehead atoms. The van der Waals surface area contributed by atoms with Crippen molar-refractivity contribution in [1.82, 2.24) is 14.5 Å². The van der Waals surface area contributed by atoms with Crippen molar-refractivity contribution in [3.8, 4) is 39.6 Å². The van der Waals surface area contributed by atoms with Gasteiger partial charge in [0, 0.05) is 37.6 Å². The number of benzene rings is 7. The molecular weight excluding hydrogens is 626 g/mol. The average Bonchev–Trinajstić information content (AvgIpc) is 3.46. The van der Waals surface area contributed by atoms with Crippen molar-refractivity contribution in [3.05, 3.63) is 162 Å². The van der Waals surface area contributed by atoms with Crippen molar-refractivity contribution < 1.29 is 0 Å². The molecule has 4 heteroatoms. The van der Waals surface area contributed by atoms with Crippen LogP contribution in [0, 0.1) is 0 Å². The van der Waals surface area contributed by atoms with Gasteiger partial charge in [0.05, 0.1) is 22.4 Å². The number of para-hydroxylation sites is 2. The Morgan fingerprint density at radius 2 is 0.957 bits per heavy atom. The Morgan fingerprint density at radius 3 is 1.65 bits per heavy atom. The van der Waals surface area contributed by atoms with E-state index in [1.54, 1.807) is 0 Å². The van der Waals surface area contributed by atoms with Crippen LogP contribution in [0.15, 0.2) is 162 Å². The molecule has 3 nitrogen and oxygen atoms in total. The van der Waals surface area contributed by atoms with Gasteiger partial charge in [0.25, 0.3) is 0 Å². The van der Waals surface area contributed by atoms with E-state index in [4.69, 9.17) is 9.97 Å². The van der Waals surface area contributed by atoms with Gasteiger partial charge < -0.3 is 4.57 Å². The van der Waals surface area contributed by atoms with Gasteiger partial charge in [-0.2, -0.15) is 0 Å². The quantitative estimate of drug-likeness (QED) is 0.177. The number of nitrogens with zero attached hydrogens (tertiary/aromatic N) is 3. The lowest BCUT2D eigenvalue weighted by Crippen LogP contribution is -1.97. The summed E-state index contributed by atoms with van der Waals surface area (Å²) in [6, 6.07) is 55.4. The van der Waals surface area contributed by atoms with Gasteiger partial charge in [-0.05, 0) is 73.9 Å². The van der Waals surface area contributed by atoms with Crippen LogP contribution in [0.3, 0.4) is 0 Å². The van der Waals surface area contributed by atoms with Crippen molar-refractivity contribution in [2.24, 2.45) is 0 Å². The Kier molecular flexibility index (Phi) is 6.29. The highest BCUT2D eigenvalue weighted by Gasteiger charge is 2.19. The minimum Gasteiger partial charge on any atom is -0.309 e. The van der Waals surface area contributed by atoms with Gasteiger partial charge in [-0.25, -0.2) is 9.97 Å². The van der Waals surface area contributed by atoms with Crippen LogP contribution >= 0.6 is 15.9 Å². The predicted molar refractivity (Wildman–Crippen MR) is 195 cm³/mol. The van der Waals surface area contributed by atoms with Crippen LogP contribution in [0.2, 0.25) is 0 Å². The molecule has 0 unspecified atom stereocenters. The standard InChI is InChI=1S/C42H26BrN3/c43-41-33-20-9-7-18-31(33)40(32-19-8-10-21-34(32)41)37-26-36(44-42(45-37)27-13-3-1-4-14-27)28-23-24-39-35(25-28)30-17-11-12-22-38(30)46(39)29-15-5-2-6-16-29/h1-26H. The number of halogens is 1. The average molecular weight is 653 g/mol. The van der Waals surface area contributed by atoms with Gasteiger partial charge >= 0.3 is 0 Å². The molecule has 0 amide bonds. The monoisotopic (exact) mass is 651 g/mol. The highest BCUT2D eigenvalue weighted by atomic mass is 79.9. The summed E-state index contributed by atoms with van der Waals surface area (Å²) in [5.74, 6) is 0.705. The summed E-state index contributed by atoms with van der Waals surface area (Å²) in [7, 11) is 0. The molecule has 7 aromatic carbocycles. The summed E-state index contributed by atoms with van der Waals surface area (Å²) in [5, 5.41) is 7.03. The van der Waals surface area contributed by atoms with Gasteiger partial charge in [0.1, 0.15) is 0 Å². The fraction of sp³-hybridized carbons (Fsp3) is 0. The van der Waals surface area contributed by atoms with E-state index in [-0.39, 0.29) is 0 Å². The smallest absolute Gasteiger partial charge is 0.160 e. The van der Waals surface area contributed by atoms with Gasteiger partial charge in [0.2, 0.25) is 0 Å². The van der Waals surface area contributed by atoms with Crippen molar-refractivity contribution in [1.29, 1.82) is 0 Å². The highest BCUT2D eigenvalue weighted by Crippen LogP contribution is 2.42. The topological polar surface area (TPSA) is 30.7 Å². The molecule has 0 aliphatic heterocycles. The minimum absolute atomic E-state index is 0.705. The van der Waals surface area contributed by atoms with Gasteiger partial charge in [-0.15, -0.1) is 0 Å². The molecule has 0 aliphatic carbocycles. The Balaban J connectivity index is 1.34. The Labute approximate surface area is 274 Å². The summed E-state index contributed by atoms with van der Waals surface area (Å²) in [6.45, 7) is 0. The second kappa shape index (κ2) is 10.8. The maximum absolute atomic E-state index is 5.25. The Morgan fingerprint density at radius 1 is 0.413 bits per heavy atom. The molecule has 0 saturated carbocycles. The maximum atomic E-state index is 5.25. The molecule has 9 rings (SSSR count). The fourth-order valence-electron chi connectivity index (χ4n) is 6.78. The normalized spacial score (nSPS) is 11.6. The zero-order chi connectivity index (χ0) is 30.6. The van der Waals surface area contributed by atoms with Crippen LogP contribution in [0.4, 0.5) is 0 Å². The highest BCUT2D eigenvalue weighted by molar-refractivity contribution is 9.10. The van der Waals surface area contributed by atoms with Crippen molar-refractivity contribution >= 4 is 59.3 Å². The summed E-state index contributed by atoms with van der Waals surface area (Å²) >= 11 is 3.92. The summed E-state index contributed by atoms with van der Waals surface area (Å²) < 4.78 is 3.44. The van der Waals surface area contributed by atoms with E-state index in [0.717, 1.165) is 59.8 Å². The van der Waals surface area contributed by atoms with Crippen LogP contribution in [-0.4, -0.2) is 14.5 Å². The summed E-state index contributed by atoms with van der Waals surface area (Å²) in [6.07, 6.45) is 0. The Bertz CT molecular complexity index is 2530. The molecule has 0 saturated heterocycles. The van der Waals surface area contributed by atoms with Crippen molar-refractivity contribution in [2.75, 3.05) is 0 Å². The molecule has 46 heavy (non-hydrogen) atoms. The second-order valence-electron chi connectivity index (χ2n) is 11.5. The first-order chi connectivity index (χ1) is 22.7. The first kappa shape index (κ1) is 26.8. The van der Waals surface area contributed by atoms with E-state index in [0.29, 0.717) is 5.82 Å². The lowest BCUT2D eigenvalue weighted by Gasteiger charge is -2.15. The molecule has 2 heterocycles. The van der Waals surface area contributed by atoms with Crippen LogP contribution in [0.25, 0.3) is 82.9 Å². The largest absolute Gasteiger partial charge is 0.309 e. The SMILES string of the molecule is Brc1c2ccccc2c(-c2cc(-c3ccc4c(c3)c3ccccc3n4-c3ccccc3)nc(-c3ccccc3)n2)c2ccccc12. The number of hydrogen-bond donors (Lipinski definition) is 0. The third-order valence-electron chi connectivity index (χ3n) is 8.86. The minimum atomic E-state index is 0.705. The molecule has 0 N–H and O–H groups in total. The molecule has 216 valence electrons. The first-order valence-corrected chi connectivity index (χ1v) is 16.2. The molecule has 0 atom stereocenters. The van der Waals surface area contributed by atoms with Gasteiger partial charge in [-0.3, -0.25) is 0 Å². The molecule has 9 aromatic rings. The van der Waals surface area contributed by atoms with Gasteiger partial charge in [-0.1, -0.05) is 121 Å². The van der Waals surface area contributed by atoms with Crippen LogP contribution < -0.4 is 0 Å². The predicted octanol–water partition coefficient (Wildman–Crippen LogP) is 11.6. The van der Waals surface area contributed by atoms with Crippen LogP contribution in [0.1, 0.15) is 0 Å². The van der Waals surface area contributed by atoms with Crippen molar-refractivity contribution in [2.45, 2.75) is 0 Å². The molecule has 0 aliphatic rings. The Hall–Kier alpha value is -5.58. The van der Waals surface area contributed by atoms with Gasteiger partial charge in [0.15, 0.2) is 5.82 Å². The number of hydrogen-bond acceptors (Lipinski definition) is 2. The summed E-state index contributed by atoms with van der Waals surface area (Å²) in [4.78, 5) is 10.5. The second-order valence-corrected chi connectivity index (χ2v) is 12.3. The zero-order valence-electron chi connectivity index (χ0n) is 24.7. The number of fused-ring (bicyclic) bond motifs is 5. The van der Waals surface area contributed by atoms with Crippen LogP contribution in [0.5, 0.6) is 0 Å². The van der Waals surface area contributed by atoms with E-state index in [1.807, 2.05) is 18.2 Å². The van der Waals surface area contributed by atoms with Crippen molar-refractivity contribution in [3.63, 3.8) is 0 Å². The van der Waals surface area contributed by atoms with E-state index >= 15 is 0 Å². The summed E-state index contributed by atoms with van der Waals surface area (Å²) in [5.41, 5.74) is 8.42. The van der Waals surface area contributed by atoms with E-state index in [2.05, 4.69) is 160 Å². The molecule has 0 radical (unpaired) electrons. The van der Waals surface area contributed by atoms with Crippen LogP contribution in [-0.2, 0) is 0 Å². The third kappa shape index (κ3) is 4.26. The van der Waals surface area contributed by atoms with E-state index < -0.39 is 0 Å². The lowest BCUT2D eigenvalue weighted by molar-refractivity contribution is 1.18.